The van der Waals surface area contributed by atoms with Crippen LogP contribution in [-0.4, -0.2) is 61.5 Å². The lowest BCUT2D eigenvalue weighted by Gasteiger charge is -2.40. The average molecular weight is 383 g/mol. The van der Waals surface area contributed by atoms with Gasteiger partial charge in [-0.1, -0.05) is 50.6 Å². The average Bonchev–Trinajstić information content (AvgIpc) is 2.65. The van der Waals surface area contributed by atoms with Crippen molar-refractivity contribution in [2.24, 2.45) is 11.7 Å². The van der Waals surface area contributed by atoms with Crippen LogP contribution in [0.1, 0.15) is 38.3 Å². The van der Waals surface area contributed by atoms with Crippen molar-refractivity contribution in [1.82, 2.24) is 15.1 Å². The van der Waals surface area contributed by atoms with Gasteiger partial charge in [-0.25, -0.2) is 0 Å². The second-order valence-corrected chi connectivity index (χ2v) is 7.28. The van der Waals surface area contributed by atoms with Gasteiger partial charge in [0.25, 0.3) is 0 Å². The van der Waals surface area contributed by atoms with E-state index < -0.39 is 6.04 Å². The summed E-state index contributed by atoms with van der Waals surface area (Å²) < 4.78 is 0. The highest BCUT2D eigenvalue weighted by Crippen LogP contribution is 2.24. The molecule has 3 N–H and O–H groups in total. The molecule has 5 nitrogen and oxygen atoms in total. The van der Waals surface area contributed by atoms with Crippen molar-refractivity contribution in [3.05, 3.63) is 35.9 Å². The van der Waals surface area contributed by atoms with Crippen molar-refractivity contribution < 1.29 is 4.79 Å². The summed E-state index contributed by atoms with van der Waals surface area (Å²) in [7, 11) is 2.18. The molecule has 1 aliphatic heterocycles. The number of nitrogens with one attached hydrogen (secondary N) is 1. The molecule has 3 atom stereocenters. The van der Waals surface area contributed by atoms with E-state index in [1.165, 1.54) is 5.56 Å². The number of halogens is 1. The monoisotopic (exact) mass is 382 g/mol. The Kier molecular flexibility index (Phi) is 10.2. The number of rotatable bonds is 8. The number of carbonyl (C=O) groups excluding carboxylic acids is 1. The van der Waals surface area contributed by atoms with Crippen LogP contribution in [0, 0.1) is 5.92 Å². The smallest absolute Gasteiger partial charge is 0.237 e. The van der Waals surface area contributed by atoms with Crippen molar-refractivity contribution in [2.45, 2.75) is 38.8 Å². The maximum absolute atomic E-state index is 12.1. The summed E-state index contributed by atoms with van der Waals surface area (Å²) in [6, 6.07) is 10.7. The summed E-state index contributed by atoms with van der Waals surface area (Å²) in [5, 5.41) is 3.00. The number of likely N-dealkylation sites (N-methyl/N-ethyl adjacent to an activating group) is 1. The summed E-state index contributed by atoms with van der Waals surface area (Å²) >= 11 is 0. The second kappa shape index (κ2) is 11.5. The highest BCUT2D eigenvalue weighted by Gasteiger charge is 2.26. The van der Waals surface area contributed by atoms with Gasteiger partial charge in [0, 0.05) is 38.8 Å². The summed E-state index contributed by atoms with van der Waals surface area (Å²) in [6.07, 6.45) is 1.88. The zero-order valence-electron chi connectivity index (χ0n) is 16.4. The van der Waals surface area contributed by atoms with Crippen molar-refractivity contribution in [3.63, 3.8) is 0 Å². The molecule has 1 aliphatic rings. The molecule has 1 fully saturated rings. The number of nitrogens with two attached hydrogens (primary N) is 1. The molecule has 26 heavy (non-hydrogen) atoms. The highest BCUT2D eigenvalue weighted by molar-refractivity contribution is 5.85. The predicted molar refractivity (Wildman–Crippen MR) is 111 cm³/mol. The van der Waals surface area contributed by atoms with E-state index in [0.29, 0.717) is 12.6 Å². The van der Waals surface area contributed by atoms with Gasteiger partial charge in [0.1, 0.15) is 0 Å². The zero-order chi connectivity index (χ0) is 18.2. The van der Waals surface area contributed by atoms with Gasteiger partial charge in [0.15, 0.2) is 0 Å². The molecule has 2 rings (SSSR count). The lowest BCUT2D eigenvalue weighted by Crippen LogP contribution is -2.48. The third-order valence-corrected chi connectivity index (χ3v) is 5.36. The summed E-state index contributed by atoms with van der Waals surface area (Å²) in [4.78, 5) is 17.0. The molecule has 1 aromatic carbocycles. The first-order valence-electron chi connectivity index (χ1n) is 9.53. The molecule has 6 heteroatoms. The maximum Gasteiger partial charge on any atom is 0.237 e. The minimum absolute atomic E-state index is 0. The van der Waals surface area contributed by atoms with Crippen LogP contribution in [-0.2, 0) is 4.79 Å². The van der Waals surface area contributed by atoms with Gasteiger partial charge in [-0.3, -0.25) is 9.69 Å². The van der Waals surface area contributed by atoms with E-state index in [4.69, 9.17) is 5.73 Å². The van der Waals surface area contributed by atoms with Gasteiger partial charge in [-0.2, -0.15) is 0 Å². The van der Waals surface area contributed by atoms with Crippen LogP contribution >= 0.6 is 12.4 Å². The molecule has 0 bridgehead atoms. The first-order chi connectivity index (χ1) is 12.0. The minimum atomic E-state index is -0.397. The molecule has 0 aromatic heterocycles. The lowest BCUT2D eigenvalue weighted by atomic mass is 9.99. The van der Waals surface area contributed by atoms with E-state index in [1.807, 2.05) is 6.92 Å². The molecule has 1 heterocycles. The Morgan fingerprint density at radius 2 is 2.00 bits per heavy atom. The Labute approximate surface area is 164 Å². The van der Waals surface area contributed by atoms with Crippen LogP contribution in [0.5, 0.6) is 0 Å². The van der Waals surface area contributed by atoms with Crippen LogP contribution in [0.25, 0.3) is 0 Å². The highest BCUT2D eigenvalue weighted by atomic mass is 35.5. The number of benzene rings is 1. The Bertz CT molecular complexity index is 528. The zero-order valence-corrected chi connectivity index (χ0v) is 17.2. The topological polar surface area (TPSA) is 61.6 Å². The maximum atomic E-state index is 12.1. The minimum Gasteiger partial charge on any atom is -0.355 e. The van der Waals surface area contributed by atoms with Crippen molar-refractivity contribution in [1.29, 1.82) is 0 Å². The number of amides is 1. The van der Waals surface area contributed by atoms with Crippen LogP contribution in [0.4, 0.5) is 0 Å². The van der Waals surface area contributed by atoms with E-state index in [0.717, 1.165) is 39.0 Å². The molecule has 0 aliphatic carbocycles. The molecule has 1 aromatic rings. The van der Waals surface area contributed by atoms with Crippen LogP contribution in [0.3, 0.4) is 0 Å². The second-order valence-electron chi connectivity index (χ2n) is 7.28. The number of hydrogen-bond donors (Lipinski definition) is 2. The standard InChI is InChI=1S/C20H34N4O.ClH/c1-4-16(2)19(21)20(25)22-11-8-12-24-14-13-23(3)15-18(24)17-9-6-5-7-10-17;/h5-7,9-10,16,18-19H,4,8,11-15,21H2,1-3H3,(H,22,25);1H. The number of piperazine rings is 1. The normalized spacial score (nSPS) is 20.8. The molecule has 148 valence electrons. The molecular formula is C20H35ClN4O. The van der Waals surface area contributed by atoms with Crippen molar-refractivity contribution in [2.75, 3.05) is 39.8 Å². The summed E-state index contributed by atoms with van der Waals surface area (Å²) in [5.41, 5.74) is 7.35. The lowest BCUT2D eigenvalue weighted by molar-refractivity contribution is -0.123. The van der Waals surface area contributed by atoms with Gasteiger partial charge >= 0.3 is 0 Å². The third kappa shape index (κ3) is 6.54. The molecule has 0 spiro atoms. The summed E-state index contributed by atoms with van der Waals surface area (Å²) in [6.45, 7) is 8.98. The fourth-order valence-corrected chi connectivity index (χ4v) is 3.34. The molecule has 0 radical (unpaired) electrons. The Morgan fingerprint density at radius 3 is 2.65 bits per heavy atom. The number of hydrogen-bond acceptors (Lipinski definition) is 4. The Balaban J connectivity index is 0.00000338. The van der Waals surface area contributed by atoms with Gasteiger partial charge in [-0.15, -0.1) is 12.4 Å². The van der Waals surface area contributed by atoms with Crippen molar-refractivity contribution >= 4 is 18.3 Å². The first-order valence-corrected chi connectivity index (χ1v) is 9.53. The molecular weight excluding hydrogens is 348 g/mol. The van der Waals surface area contributed by atoms with E-state index in [-0.39, 0.29) is 24.2 Å². The van der Waals surface area contributed by atoms with E-state index in [1.54, 1.807) is 0 Å². The van der Waals surface area contributed by atoms with Gasteiger partial charge in [-0.05, 0) is 24.9 Å². The Hall–Kier alpha value is -1.14. The quantitative estimate of drug-likeness (QED) is 0.677. The number of nitrogens with zero attached hydrogens (tertiary/aromatic N) is 2. The predicted octanol–water partition coefficient (Wildman–Crippen LogP) is 2.28. The molecule has 1 saturated heterocycles. The molecule has 0 saturated carbocycles. The van der Waals surface area contributed by atoms with E-state index >= 15 is 0 Å². The first kappa shape index (κ1) is 22.9. The van der Waals surface area contributed by atoms with Crippen LogP contribution < -0.4 is 11.1 Å². The van der Waals surface area contributed by atoms with E-state index in [2.05, 4.69) is 59.4 Å². The van der Waals surface area contributed by atoms with Crippen LogP contribution in [0.2, 0.25) is 0 Å². The van der Waals surface area contributed by atoms with Gasteiger partial charge in [0.2, 0.25) is 5.91 Å². The van der Waals surface area contributed by atoms with Gasteiger partial charge < -0.3 is 16.0 Å². The fourth-order valence-electron chi connectivity index (χ4n) is 3.34. The third-order valence-electron chi connectivity index (χ3n) is 5.36. The summed E-state index contributed by atoms with van der Waals surface area (Å²) in [5.74, 6) is 0.201. The number of carbonyl (C=O) groups is 1. The van der Waals surface area contributed by atoms with Crippen LogP contribution in [0.15, 0.2) is 30.3 Å². The Morgan fingerprint density at radius 1 is 1.31 bits per heavy atom. The molecule has 1 amide bonds. The van der Waals surface area contributed by atoms with E-state index in [9.17, 15) is 4.79 Å². The largest absolute Gasteiger partial charge is 0.355 e. The fraction of sp³-hybridized carbons (Fsp3) is 0.650. The SMILES string of the molecule is CCC(C)C(N)C(=O)NCCCN1CCN(C)CC1c1ccccc1.Cl. The van der Waals surface area contributed by atoms with Crippen molar-refractivity contribution in [3.8, 4) is 0 Å². The van der Waals surface area contributed by atoms with Gasteiger partial charge in [0.05, 0.1) is 6.04 Å². The molecule has 3 unspecified atom stereocenters.